The van der Waals surface area contributed by atoms with E-state index in [9.17, 15) is 27.7 Å². The molecule has 0 fully saturated rings. The van der Waals surface area contributed by atoms with Crippen molar-refractivity contribution in [3.63, 3.8) is 0 Å². The zero-order chi connectivity index (χ0) is 12.7. The Morgan fingerprint density at radius 3 is 2.31 bits per heavy atom. The molecule has 4 nitrogen and oxygen atoms in total. The van der Waals surface area contributed by atoms with Gasteiger partial charge in [-0.05, 0) is 15.9 Å². The topological polar surface area (TPSA) is 63.4 Å². The molecule has 1 N–H and O–H groups in total. The summed E-state index contributed by atoms with van der Waals surface area (Å²) in [6, 6.07) is 0.489. The maximum Gasteiger partial charge on any atom is 0.426 e. The van der Waals surface area contributed by atoms with Crippen molar-refractivity contribution in [2.24, 2.45) is 0 Å². The van der Waals surface area contributed by atoms with Crippen molar-refractivity contribution in [2.45, 2.75) is 6.18 Å². The van der Waals surface area contributed by atoms with E-state index in [2.05, 4.69) is 15.9 Å². The summed E-state index contributed by atoms with van der Waals surface area (Å²) in [4.78, 5) is 8.82. The standard InChI is InChI=1S/C7H2BrF4NO3/c8-2-1-3(14)6(13(15)16)4(5(2)9)7(10,11)12/h1,14H. The third kappa shape index (κ3) is 2.08. The molecule has 9 heteroatoms. The van der Waals surface area contributed by atoms with Gasteiger partial charge >= 0.3 is 11.9 Å². The minimum atomic E-state index is -5.27. The highest BCUT2D eigenvalue weighted by atomic mass is 79.9. The molecule has 1 aromatic carbocycles. The van der Waals surface area contributed by atoms with Crippen LogP contribution in [0.25, 0.3) is 0 Å². The Kier molecular flexibility index (Phi) is 3.08. The van der Waals surface area contributed by atoms with Crippen molar-refractivity contribution >= 4 is 21.6 Å². The van der Waals surface area contributed by atoms with Crippen LogP contribution in [-0.4, -0.2) is 10.0 Å². The first-order valence-electron chi connectivity index (χ1n) is 3.58. The molecule has 1 aromatic rings. The molecule has 0 bridgehead atoms. The fourth-order valence-electron chi connectivity index (χ4n) is 1.05. The number of nitro groups is 1. The molecule has 0 heterocycles. The van der Waals surface area contributed by atoms with E-state index in [0.717, 1.165) is 0 Å². The van der Waals surface area contributed by atoms with Crippen LogP contribution in [0.1, 0.15) is 5.56 Å². The largest absolute Gasteiger partial charge is 0.502 e. The molecule has 0 radical (unpaired) electrons. The first-order valence-corrected chi connectivity index (χ1v) is 4.38. The second kappa shape index (κ2) is 3.89. The van der Waals surface area contributed by atoms with Gasteiger partial charge in [0, 0.05) is 6.07 Å². The minimum Gasteiger partial charge on any atom is -0.502 e. The van der Waals surface area contributed by atoms with Crippen LogP contribution in [0.3, 0.4) is 0 Å². The number of aromatic hydroxyl groups is 1. The van der Waals surface area contributed by atoms with Gasteiger partial charge in [-0.1, -0.05) is 0 Å². The highest BCUT2D eigenvalue weighted by Gasteiger charge is 2.44. The van der Waals surface area contributed by atoms with Crippen LogP contribution in [0.5, 0.6) is 5.75 Å². The van der Waals surface area contributed by atoms with Gasteiger partial charge in [-0.25, -0.2) is 4.39 Å². The van der Waals surface area contributed by atoms with Gasteiger partial charge in [0.2, 0.25) is 0 Å². The van der Waals surface area contributed by atoms with Crippen molar-refractivity contribution in [2.75, 3.05) is 0 Å². The minimum absolute atomic E-state index is 0.489. The quantitative estimate of drug-likeness (QED) is 0.492. The molecule has 0 atom stereocenters. The van der Waals surface area contributed by atoms with Crippen LogP contribution in [0.2, 0.25) is 0 Å². The molecule has 0 aliphatic carbocycles. The van der Waals surface area contributed by atoms with Crippen molar-refractivity contribution in [3.05, 3.63) is 32.0 Å². The number of phenols is 1. The molecule has 0 aliphatic rings. The van der Waals surface area contributed by atoms with Gasteiger partial charge in [-0.3, -0.25) is 10.1 Å². The highest BCUT2D eigenvalue weighted by Crippen LogP contribution is 2.44. The van der Waals surface area contributed by atoms with E-state index in [1.54, 1.807) is 0 Å². The molecule has 0 unspecified atom stereocenters. The van der Waals surface area contributed by atoms with Gasteiger partial charge in [0.1, 0.15) is 0 Å². The lowest BCUT2D eigenvalue weighted by molar-refractivity contribution is -0.389. The normalized spacial score (nSPS) is 11.6. The Balaban J connectivity index is 3.72. The van der Waals surface area contributed by atoms with Crippen LogP contribution < -0.4 is 0 Å². The third-order valence-electron chi connectivity index (χ3n) is 1.64. The molecule has 0 aliphatic heterocycles. The highest BCUT2D eigenvalue weighted by molar-refractivity contribution is 9.10. The van der Waals surface area contributed by atoms with E-state index in [1.807, 2.05) is 0 Å². The van der Waals surface area contributed by atoms with Crippen molar-refractivity contribution in [3.8, 4) is 5.75 Å². The van der Waals surface area contributed by atoms with Crippen molar-refractivity contribution in [1.29, 1.82) is 0 Å². The number of nitrogens with zero attached hydrogens (tertiary/aromatic N) is 1. The zero-order valence-corrected chi connectivity index (χ0v) is 8.76. The predicted molar refractivity (Wildman–Crippen MR) is 47.4 cm³/mol. The molecular formula is C7H2BrF4NO3. The molecule has 0 amide bonds. The first-order chi connectivity index (χ1) is 7.16. The van der Waals surface area contributed by atoms with Crippen molar-refractivity contribution < 1.29 is 27.6 Å². The Morgan fingerprint density at radius 1 is 1.44 bits per heavy atom. The fourth-order valence-corrected chi connectivity index (χ4v) is 1.46. The average molecular weight is 304 g/mol. The summed E-state index contributed by atoms with van der Waals surface area (Å²) in [6.45, 7) is 0. The molecule has 0 saturated heterocycles. The first kappa shape index (κ1) is 12.7. The number of hydrogen-bond donors (Lipinski definition) is 1. The Hall–Kier alpha value is -1.38. The lowest BCUT2D eigenvalue weighted by atomic mass is 10.1. The molecule has 16 heavy (non-hydrogen) atoms. The lowest BCUT2D eigenvalue weighted by Crippen LogP contribution is -2.12. The van der Waals surface area contributed by atoms with E-state index < -0.39 is 38.4 Å². The second-order valence-corrected chi connectivity index (χ2v) is 3.52. The van der Waals surface area contributed by atoms with Gasteiger partial charge < -0.3 is 5.11 Å². The van der Waals surface area contributed by atoms with Gasteiger partial charge in [0.25, 0.3) is 0 Å². The number of rotatable bonds is 1. The molecule has 0 saturated carbocycles. The smallest absolute Gasteiger partial charge is 0.426 e. The van der Waals surface area contributed by atoms with Gasteiger partial charge in [-0.2, -0.15) is 13.2 Å². The summed E-state index contributed by atoms with van der Waals surface area (Å²) in [6.07, 6.45) is -5.27. The number of alkyl halides is 3. The van der Waals surface area contributed by atoms with Crippen molar-refractivity contribution in [1.82, 2.24) is 0 Å². The number of nitro benzene ring substituents is 1. The lowest BCUT2D eigenvalue weighted by Gasteiger charge is -2.10. The van der Waals surface area contributed by atoms with Crippen LogP contribution >= 0.6 is 15.9 Å². The van der Waals surface area contributed by atoms with Gasteiger partial charge in [0.05, 0.1) is 9.40 Å². The van der Waals surface area contributed by atoms with Gasteiger partial charge in [0.15, 0.2) is 17.1 Å². The molecule has 0 aromatic heterocycles. The van der Waals surface area contributed by atoms with Crippen LogP contribution in [0.4, 0.5) is 23.2 Å². The average Bonchev–Trinajstić information content (AvgIpc) is 2.07. The van der Waals surface area contributed by atoms with Gasteiger partial charge in [-0.15, -0.1) is 0 Å². The van der Waals surface area contributed by atoms with Crippen LogP contribution in [-0.2, 0) is 6.18 Å². The van der Waals surface area contributed by atoms with E-state index in [0.29, 0.717) is 6.07 Å². The maximum atomic E-state index is 13.1. The molecule has 1 rings (SSSR count). The molecular weight excluding hydrogens is 302 g/mol. The summed E-state index contributed by atoms with van der Waals surface area (Å²) < 4.78 is 49.5. The fraction of sp³-hybridized carbons (Fsp3) is 0.143. The summed E-state index contributed by atoms with van der Waals surface area (Å²) in [5, 5.41) is 19.3. The van der Waals surface area contributed by atoms with Crippen LogP contribution in [0.15, 0.2) is 10.5 Å². The molecule has 88 valence electrons. The summed E-state index contributed by atoms with van der Waals surface area (Å²) >= 11 is 2.42. The third-order valence-corrected chi connectivity index (χ3v) is 2.22. The zero-order valence-electron chi connectivity index (χ0n) is 7.18. The van der Waals surface area contributed by atoms with Crippen LogP contribution in [0, 0.1) is 15.9 Å². The predicted octanol–water partition coefficient (Wildman–Crippen LogP) is 3.22. The number of phenolic OH excluding ortho intramolecular Hbond substituents is 1. The number of hydrogen-bond acceptors (Lipinski definition) is 3. The molecule has 0 spiro atoms. The van der Waals surface area contributed by atoms with E-state index in [-0.39, 0.29) is 0 Å². The SMILES string of the molecule is O=[N+]([O-])c1c(O)cc(Br)c(F)c1C(F)(F)F. The Labute approximate surface area is 93.8 Å². The summed E-state index contributed by atoms with van der Waals surface area (Å²) in [5.74, 6) is -3.09. The maximum absolute atomic E-state index is 13.1. The Morgan fingerprint density at radius 2 is 1.94 bits per heavy atom. The Bertz CT molecular complexity index is 460. The van der Waals surface area contributed by atoms with E-state index in [4.69, 9.17) is 5.11 Å². The summed E-state index contributed by atoms with van der Waals surface area (Å²) in [7, 11) is 0. The number of benzene rings is 1. The number of halogens is 5. The second-order valence-electron chi connectivity index (χ2n) is 2.67. The monoisotopic (exact) mass is 303 g/mol. The van der Waals surface area contributed by atoms with E-state index in [1.165, 1.54) is 0 Å². The summed E-state index contributed by atoms with van der Waals surface area (Å²) in [5.41, 5.74) is -3.81. The van der Waals surface area contributed by atoms with E-state index >= 15 is 0 Å².